The van der Waals surface area contributed by atoms with Crippen LogP contribution in [0.4, 0.5) is 0 Å². The molecule has 2 saturated heterocycles. The molecule has 0 aliphatic carbocycles. The maximum absolute atomic E-state index is 12.7. The molecule has 138 valence electrons. The normalized spacial score (nSPS) is 23.6. The second-order valence-corrected chi connectivity index (χ2v) is 9.39. The summed E-state index contributed by atoms with van der Waals surface area (Å²) in [6, 6.07) is 8.60. The predicted octanol–water partition coefficient (Wildman–Crippen LogP) is 2.74. The van der Waals surface area contributed by atoms with E-state index in [0.717, 1.165) is 32.4 Å². The zero-order chi connectivity index (χ0) is 17.9. The van der Waals surface area contributed by atoms with Crippen LogP contribution in [0.3, 0.4) is 0 Å². The van der Waals surface area contributed by atoms with E-state index in [9.17, 15) is 13.2 Å². The molecule has 6 heteroatoms. The molecule has 1 aromatic rings. The first-order valence-electron chi connectivity index (χ1n) is 9.30. The van der Waals surface area contributed by atoms with Crippen LogP contribution in [-0.2, 0) is 14.8 Å². The number of benzene rings is 1. The smallest absolute Gasteiger partial charge is 0.243 e. The van der Waals surface area contributed by atoms with Crippen molar-refractivity contribution >= 4 is 15.9 Å². The molecule has 2 aliphatic rings. The molecule has 1 amide bonds. The van der Waals surface area contributed by atoms with E-state index < -0.39 is 10.0 Å². The summed E-state index contributed by atoms with van der Waals surface area (Å²) in [5.41, 5.74) is 0. The van der Waals surface area contributed by atoms with Crippen LogP contribution in [0.1, 0.15) is 39.0 Å². The summed E-state index contributed by atoms with van der Waals surface area (Å²) in [7, 11) is -3.40. The van der Waals surface area contributed by atoms with Crippen LogP contribution >= 0.6 is 0 Å². The van der Waals surface area contributed by atoms with Crippen LogP contribution in [0, 0.1) is 11.8 Å². The standard InChI is InChI=1S/C19H28N2O3S/c1-16-6-5-11-20(15-16)19(22)14-17-9-12-21(13-10-17)25(23,24)18-7-3-2-4-8-18/h2-4,7-8,16-17H,5-6,9-15H2,1H3. The first-order valence-corrected chi connectivity index (χ1v) is 10.7. The molecule has 0 saturated carbocycles. The van der Waals surface area contributed by atoms with Crippen LogP contribution in [0.15, 0.2) is 35.2 Å². The van der Waals surface area contributed by atoms with Gasteiger partial charge in [0.25, 0.3) is 0 Å². The molecule has 25 heavy (non-hydrogen) atoms. The van der Waals surface area contributed by atoms with Gasteiger partial charge in [-0.25, -0.2) is 8.42 Å². The van der Waals surface area contributed by atoms with Crippen molar-refractivity contribution in [3.8, 4) is 0 Å². The highest BCUT2D eigenvalue weighted by Gasteiger charge is 2.31. The van der Waals surface area contributed by atoms with Crippen molar-refractivity contribution in [3.05, 3.63) is 30.3 Å². The summed E-state index contributed by atoms with van der Waals surface area (Å²) >= 11 is 0. The Labute approximate surface area is 151 Å². The minimum Gasteiger partial charge on any atom is -0.342 e. The highest BCUT2D eigenvalue weighted by molar-refractivity contribution is 7.89. The number of piperidine rings is 2. The van der Waals surface area contributed by atoms with Gasteiger partial charge < -0.3 is 4.90 Å². The molecular weight excluding hydrogens is 336 g/mol. The summed E-state index contributed by atoms with van der Waals surface area (Å²) < 4.78 is 26.9. The maximum Gasteiger partial charge on any atom is 0.243 e. The van der Waals surface area contributed by atoms with Gasteiger partial charge in [0, 0.05) is 32.6 Å². The molecule has 1 atom stereocenters. The van der Waals surface area contributed by atoms with Gasteiger partial charge in [-0.05, 0) is 49.7 Å². The highest BCUT2D eigenvalue weighted by Crippen LogP contribution is 2.27. The Morgan fingerprint density at radius 3 is 2.40 bits per heavy atom. The van der Waals surface area contributed by atoms with E-state index in [1.54, 1.807) is 28.6 Å². The quantitative estimate of drug-likeness (QED) is 0.825. The van der Waals surface area contributed by atoms with E-state index in [1.165, 1.54) is 6.42 Å². The lowest BCUT2D eigenvalue weighted by Gasteiger charge is -2.34. The molecule has 0 aromatic heterocycles. The lowest BCUT2D eigenvalue weighted by atomic mass is 9.93. The van der Waals surface area contributed by atoms with Gasteiger partial charge in [0.1, 0.15) is 0 Å². The number of carbonyl (C=O) groups excluding carboxylic acids is 1. The first-order chi connectivity index (χ1) is 12.0. The second-order valence-electron chi connectivity index (χ2n) is 7.45. The van der Waals surface area contributed by atoms with Gasteiger partial charge in [0.15, 0.2) is 0 Å². The lowest BCUT2D eigenvalue weighted by Crippen LogP contribution is -2.42. The van der Waals surface area contributed by atoms with Crippen molar-refractivity contribution < 1.29 is 13.2 Å². The Morgan fingerprint density at radius 2 is 1.76 bits per heavy atom. The predicted molar refractivity (Wildman–Crippen MR) is 97.5 cm³/mol. The van der Waals surface area contributed by atoms with E-state index in [1.807, 2.05) is 11.0 Å². The summed E-state index contributed by atoms with van der Waals surface area (Å²) in [6.07, 6.45) is 4.40. The van der Waals surface area contributed by atoms with E-state index in [0.29, 0.717) is 36.2 Å². The van der Waals surface area contributed by atoms with E-state index in [-0.39, 0.29) is 5.91 Å². The Morgan fingerprint density at radius 1 is 1.08 bits per heavy atom. The number of amides is 1. The topological polar surface area (TPSA) is 57.7 Å². The van der Waals surface area contributed by atoms with Gasteiger partial charge in [0.05, 0.1) is 4.90 Å². The Balaban J connectivity index is 1.53. The fraction of sp³-hybridized carbons (Fsp3) is 0.632. The zero-order valence-corrected chi connectivity index (χ0v) is 15.7. The number of hydrogen-bond donors (Lipinski definition) is 0. The summed E-state index contributed by atoms with van der Waals surface area (Å²) in [5.74, 6) is 1.14. The fourth-order valence-electron chi connectivity index (χ4n) is 3.89. The summed E-state index contributed by atoms with van der Waals surface area (Å²) in [4.78, 5) is 14.9. The van der Waals surface area contributed by atoms with Crippen molar-refractivity contribution in [1.82, 2.24) is 9.21 Å². The number of sulfonamides is 1. The van der Waals surface area contributed by atoms with Crippen LogP contribution in [0.2, 0.25) is 0 Å². The van der Waals surface area contributed by atoms with Crippen LogP contribution in [0.5, 0.6) is 0 Å². The summed E-state index contributed by atoms with van der Waals surface area (Å²) in [6.45, 7) is 4.97. The SMILES string of the molecule is CC1CCCN(C(=O)CC2CCN(S(=O)(=O)c3ccccc3)CC2)C1. The highest BCUT2D eigenvalue weighted by atomic mass is 32.2. The van der Waals surface area contributed by atoms with Crippen LogP contribution in [-0.4, -0.2) is 49.7 Å². The number of nitrogens with zero attached hydrogens (tertiary/aromatic N) is 2. The minimum absolute atomic E-state index is 0.246. The lowest BCUT2D eigenvalue weighted by molar-refractivity contribution is -0.134. The minimum atomic E-state index is -3.40. The van der Waals surface area contributed by atoms with E-state index >= 15 is 0 Å². The number of likely N-dealkylation sites (tertiary alicyclic amines) is 1. The first kappa shape index (κ1) is 18.4. The van der Waals surface area contributed by atoms with Crippen molar-refractivity contribution in [2.75, 3.05) is 26.2 Å². The Kier molecular flexibility index (Phi) is 5.79. The average Bonchev–Trinajstić information content (AvgIpc) is 2.63. The Hall–Kier alpha value is -1.40. The molecule has 2 fully saturated rings. The van der Waals surface area contributed by atoms with Gasteiger partial charge >= 0.3 is 0 Å². The number of hydrogen-bond acceptors (Lipinski definition) is 3. The molecular formula is C19H28N2O3S. The number of rotatable bonds is 4. The van der Waals surface area contributed by atoms with E-state index in [4.69, 9.17) is 0 Å². The largest absolute Gasteiger partial charge is 0.342 e. The molecule has 0 spiro atoms. The van der Waals surface area contributed by atoms with Gasteiger partial charge in [0.2, 0.25) is 15.9 Å². The zero-order valence-electron chi connectivity index (χ0n) is 14.9. The third-order valence-electron chi connectivity index (χ3n) is 5.43. The molecule has 5 nitrogen and oxygen atoms in total. The molecule has 2 heterocycles. The molecule has 0 radical (unpaired) electrons. The van der Waals surface area contributed by atoms with Gasteiger partial charge in [-0.2, -0.15) is 4.31 Å². The number of carbonyl (C=O) groups is 1. The maximum atomic E-state index is 12.7. The molecule has 1 aromatic carbocycles. The van der Waals surface area contributed by atoms with Crippen LogP contribution in [0.25, 0.3) is 0 Å². The van der Waals surface area contributed by atoms with Crippen LogP contribution < -0.4 is 0 Å². The van der Waals surface area contributed by atoms with Gasteiger partial charge in [-0.15, -0.1) is 0 Å². The van der Waals surface area contributed by atoms with Gasteiger partial charge in [-0.3, -0.25) is 4.79 Å². The van der Waals surface area contributed by atoms with Crippen molar-refractivity contribution in [2.45, 2.75) is 43.9 Å². The Bertz CT molecular complexity index is 682. The van der Waals surface area contributed by atoms with Gasteiger partial charge in [-0.1, -0.05) is 25.1 Å². The third-order valence-corrected chi connectivity index (χ3v) is 7.34. The average molecular weight is 365 g/mol. The molecule has 0 N–H and O–H groups in total. The second kappa shape index (κ2) is 7.87. The molecule has 3 rings (SSSR count). The third kappa shape index (κ3) is 4.42. The van der Waals surface area contributed by atoms with Crippen molar-refractivity contribution in [1.29, 1.82) is 0 Å². The summed E-state index contributed by atoms with van der Waals surface area (Å²) in [5, 5.41) is 0. The molecule has 0 bridgehead atoms. The van der Waals surface area contributed by atoms with Crippen molar-refractivity contribution in [2.24, 2.45) is 11.8 Å². The van der Waals surface area contributed by atoms with E-state index in [2.05, 4.69) is 6.92 Å². The fourth-order valence-corrected chi connectivity index (χ4v) is 5.38. The van der Waals surface area contributed by atoms with Crippen molar-refractivity contribution in [3.63, 3.8) is 0 Å². The molecule has 1 unspecified atom stereocenters. The monoisotopic (exact) mass is 364 g/mol. The molecule has 2 aliphatic heterocycles.